The molecule has 0 bridgehead atoms. The number of benzene rings is 2. The van der Waals surface area contributed by atoms with E-state index in [1.165, 1.54) is 30.3 Å². The Balaban J connectivity index is 1.66. The molecule has 0 atom stereocenters. The Kier molecular flexibility index (Phi) is 10.4. The van der Waals surface area contributed by atoms with E-state index < -0.39 is 33.9 Å². The van der Waals surface area contributed by atoms with Crippen LogP contribution in [-0.4, -0.2) is 31.8 Å². The number of anilines is 1. The van der Waals surface area contributed by atoms with E-state index in [1.54, 1.807) is 12.1 Å². The minimum atomic E-state index is -4.56. The number of hydrogen-bond acceptors (Lipinski definition) is 5. The van der Waals surface area contributed by atoms with Crippen LogP contribution in [0.2, 0.25) is 10.0 Å². The highest BCUT2D eigenvalue weighted by Gasteiger charge is 2.32. The lowest BCUT2D eigenvalue weighted by Crippen LogP contribution is -2.43. The van der Waals surface area contributed by atoms with Gasteiger partial charge in [0, 0.05) is 31.8 Å². The quantitative estimate of drug-likeness (QED) is 0.275. The van der Waals surface area contributed by atoms with Crippen molar-refractivity contribution in [3.63, 3.8) is 0 Å². The number of carbonyl (C=O) groups is 2. The second-order valence-corrected chi connectivity index (χ2v) is 11.1. The van der Waals surface area contributed by atoms with Crippen LogP contribution >= 0.6 is 23.2 Å². The molecule has 3 aromatic rings. The molecule has 214 valence electrons. The summed E-state index contributed by atoms with van der Waals surface area (Å²) >= 11 is 12.3. The van der Waals surface area contributed by atoms with Gasteiger partial charge in [0.15, 0.2) is 0 Å². The summed E-state index contributed by atoms with van der Waals surface area (Å²) in [5, 5.41) is 3.44. The van der Waals surface area contributed by atoms with Gasteiger partial charge in [-0.05, 0) is 66.8 Å². The van der Waals surface area contributed by atoms with Crippen LogP contribution in [0.15, 0.2) is 60.8 Å². The van der Waals surface area contributed by atoms with Gasteiger partial charge in [0.25, 0.3) is 5.91 Å². The van der Waals surface area contributed by atoms with Crippen LogP contribution in [0, 0.1) is 0 Å². The van der Waals surface area contributed by atoms with E-state index >= 15 is 0 Å². The molecular weight excluding hydrogens is 592 g/mol. The van der Waals surface area contributed by atoms with E-state index in [2.05, 4.69) is 10.3 Å². The molecule has 3 rings (SSSR count). The fourth-order valence-electron chi connectivity index (χ4n) is 3.70. The number of rotatable bonds is 11. The summed E-state index contributed by atoms with van der Waals surface area (Å²) in [5.41, 5.74) is 0.566. The van der Waals surface area contributed by atoms with Crippen molar-refractivity contribution < 1.29 is 31.2 Å². The van der Waals surface area contributed by atoms with Crippen LogP contribution < -0.4 is 14.3 Å². The second-order valence-electron chi connectivity index (χ2n) is 8.68. The largest absolute Gasteiger partial charge is 0.433 e. The number of unbranched alkanes of at least 4 members (excludes halogenated alkanes) is 1. The van der Waals surface area contributed by atoms with Gasteiger partial charge >= 0.3 is 16.4 Å². The second kappa shape index (κ2) is 13.3. The minimum absolute atomic E-state index is 0.0350. The molecule has 0 aliphatic heterocycles. The van der Waals surface area contributed by atoms with Crippen molar-refractivity contribution in [2.45, 2.75) is 38.9 Å². The molecule has 0 aliphatic carbocycles. The van der Waals surface area contributed by atoms with Crippen LogP contribution in [0.5, 0.6) is 0 Å². The van der Waals surface area contributed by atoms with Gasteiger partial charge in [0.1, 0.15) is 5.69 Å². The predicted molar refractivity (Wildman–Crippen MR) is 146 cm³/mol. The molecule has 0 fully saturated rings. The number of aromatic nitrogens is 1. The fraction of sp³-hybridized carbons (Fsp3) is 0.269. The topological polar surface area (TPSA) is 108 Å². The number of nitrogens with one attached hydrogen (secondary N) is 2. The first-order valence-electron chi connectivity index (χ1n) is 11.9. The van der Waals surface area contributed by atoms with Gasteiger partial charge in [0.2, 0.25) is 5.91 Å². The molecule has 0 spiro atoms. The molecular formula is C26H25Cl2F3N4O4S. The molecule has 0 saturated heterocycles. The predicted octanol–water partition coefficient (Wildman–Crippen LogP) is 5.55. The first-order chi connectivity index (χ1) is 18.8. The van der Waals surface area contributed by atoms with Gasteiger partial charge in [0.05, 0.1) is 15.7 Å². The maximum absolute atomic E-state index is 12.9. The fourth-order valence-corrected chi connectivity index (χ4v) is 5.35. The molecule has 8 nitrogen and oxygen atoms in total. The lowest BCUT2D eigenvalue weighted by Gasteiger charge is -2.24. The van der Waals surface area contributed by atoms with Gasteiger partial charge in [-0.3, -0.25) is 18.9 Å². The number of halogens is 5. The van der Waals surface area contributed by atoms with Crippen molar-refractivity contribution in [3.8, 4) is 0 Å². The average molecular weight is 617 g/mol. The molecule has 2 aromatic carbocycles. The van der Waals surface area contributed by atoms with Crippen LogP contribution in [0.4, 0.5) is 18.9 Å². The molecule has 1 heterocycles. The van der Waals surface area contributed by atoms with E-state index in [-0.39, 0.29) is 24.3 Å². The Labute approximate surface area is 239 Å². The van der Waals surface area contributed by atoms with Gasteiger partial charge in [-0.1, -0.05) is 41.4 Å². The third kappa shape index (κ3) is 8.57. The zero-order valence-electron chi connectivity index (χ0n) is 21.1. The molecule has 2 N–H and O–H groups in total. The van der Waals surface area contributed by atoms with E-state index in [4.69, 9.17) is 23.2 Å². The smallest absolute Gasteiger partial charge is 0.348 e. The standard InChI is InChI=1S/C26H25Cl2F3N4O4S/c1-17(36)34-40(38,39)35(14-3-2-5-19-6-4-7-22(27)24(19)28)21-11-9-20(10-12-21)25(37)33-16-18-8-13-23(32-15-18)26(29,30)31/h4,6-13,15H,2-3,5,14,16H2,1H3,(H,33,37)(H,34,36). The number of pyridine rings is 1. The van der Waals surface area contributed by atoms with Crippen molar-refractivity contribution in [3.05, 3.63) is 93.2 Å². The summed E-state index contributed by atoms with van der Waals surface area (Å²) in [4.78, 5) is 27.4. The zero-order valence-corrected chi connectivity index (χ0v) is 23.5. The summed E-state index contributed by atoms with van der Waals surface area (Å²) in [6, 6.07) is 12.9. The number of carbonyl (C=O) groups excluding carboxylic acids is 2. The van der Waals surface area contributed by atoms with Crippen molar-refractivity contribution in [2.24, 2.45) is 0 Å². The lowest BCUT2D eigenvalue weighted by atomic mass is 10.1. The number of aryl methyl sites for hydroxylation is 1. The Morgan fingerprint density at radius 3 is 2.30 bits per heavy atom. The van der Waals surface area contributed by atoms with Crippen molar-refractivity contribution in [2.75, 3.05) is 10.8 Å². The van der Waals surface area contributed by atoms with Crippen molar-refractivity contribution >= 4 is 50.9 Å². The Hall–Kier alpha value is -3.35. The van der Waals surface area contributed by atoms with Gasteiger partial charge < -0.3 is 5.32 Å². The third-order valence-corrected chi connectivity index (χ3v) is 8.01. The highest BCUT2D eigenvalue weighted by atomic mass is 35.5. The summed E-state index contributed by atoms with van der Waals surface area (Å²) < 4.78 is 66.7. The monoisotopic (exact) mass is 616 g/mol. The van der Waals surface area contributed by atoms with Gasteiger partial charge in [-0.15, -0.1) is 0 Å². The normalized spacial score (nSPS) is 11.7. The van der Waals surface area contributed by atoms with Crippen LogP contribution in [0.25, 0.3) is 0 Å². The molecule has 40 heavy (non-hydrogen) atoms. The molecule has 14 heteroatoms. The summed E-state index contributed by atoms with van der Waals surface area (Å²) in [5.74, 6) is -1.29. The Bertz CT molecular complexity index is 1450. The average Bonchev–Trinajstić information content (AvgIpc) is 2.88. The highest BCUT2D eigenvalue weighted by molar-refractivity contribution is 7.91. The number of alkyl halides is 3. The van der Waals surface area contributed by atoms with Crippen molar-refractivity contribution in [1.82, 2.24) is 15.0 Å². The number of nitrogens with zero attached hydrogens (tertiary/aromatic N) is 2. The molecule has 1 aromatic heterocycles. The van der Waals surface area contributed by atoms with E-state index in [0.29, 0.717) is 34.9 Å². The Morgan fingerprint density at radius 1 is 1.00 bits per heavy atom. The minimum Gasteiger partial charge on any atom is -0.348 e. The van der Waals surface area contributed by atoms with E-state index in [0.717, 1.165) is 29.1 Å². The van der Waals surface area contributed by atoms with Crippen molar-refractivity contribution in [1.29, 1.82) is 0 Å². The first kappa shape index (κ1) is 31.2. The summed E-state index contributed by atoms with van der Waals surface area (Å²) in [7, 11) is -4.23. The third-order valence-electron chi connectivity index (χ3n) is 5.64. The lowest BCUT2D eigenvalue weighted by molar-refractivity contribution is -0.141. The van der Waals surface area contributed by atoms with E-state index in [1.807, 2.05) is 10.8 Å². The number of amides is 2. The Morgan fingerprint density at radius 2 is 1.70 bits per heavy atom. The van der Waals surface area contributed by atoms with E-state index in [9.17, 15) is 31.2 Å². The summed E-state index contributed by atoms with van der Waals surface area (Å²) in [6.07, 6.45) is -1.98. The molecule has 0 unspecified atom stereocenters. The maximum atomic E-state index is 12.9. The van der Waals surface area contributed by atoms with Crippen LogP contribution in [0.1, 0.15) is 46.9 Å². The molecule has 0 radical (unpaired) electrons. The molecule has 2 amide bonds. The van der Waals surface area contributed by atoms with Gasteiger partial charge in [-0.2, -0.15) is 21.6 Å². The first-order valence-corrected chi connectivity index (χ1v) is 14.1. The highest BCUT2D eigenvalue weighted by Crippen LogP contribution is 2.28. The molecule has 0 aliphatic rings. The number of hydrogen-bond donors (Lipinski definition) is 2. The maximum Gasteiger partial charge on any atom is 0.433 e. The SMILES string of the molecule is CC(=O)NS(=O)(=O)N(CCCCc1cccc(Cl)c1Cl)c1ccc(C(=O)NCc2ccc(C(F)(F)F)nc2)cc1. The summed E-state index contributed by atoms with van der Waals surface area (Å²) in [6.45, 7) is 1.05. The van der Waals surface area contributed by atoms with Crippen LogP contribution in [0.3, 0.4) is 0 Å². The zero-order chi connectivity index (χ0) is 29.5. The molecule has 0 saturated carbocycles. The van der Waals surface area contributed by atoms with Crippen LogP contribution in [-0.2, 0) is 34.1 Å². The van der Waals surface area contributed by atoms with Gasteiger partial charge in [-0.25, -0.2) is 4.72 Å².